The number of rotatable bonds is 6. The molecule has 0 saturated heterocycles. The molecule has 0 amide bonds. The Morgan fingerprint density at radius 3 is 1.52 bits per heavy atom. The first kappa shape index (κ1) is 29.6. The molecule has 1 aliphatic rings. The summed E-state index contributed by atoms with van der Waals surface area (Å²) >= 11 is 0. The predicted octanol–water partition coefficient (Wildman–Crippen LogP) is 6.74. The van der Waals surface area contributed by atoms with Gasteiger partial charge in [-0.05, 0) is 97.5 Å². The first-order valence-corrected chi connectivity index (χ1v) is 14.2. The number of carbonyl (C=O) groups excluding carboxylic acids is 2. The maximum absolute atomic E-state index is 12.8. The van der Waals surface area contributed by atoms with Crippen LogP contribution in [0.3, 0.4) is 0 Å². The number of hydrogen-bond donors (Lipinski definition) is 1. The van der Waals surface area contributed by atoms with Crippen molar-refractivity contribution in [2.75, 3.05) is 0 Å². The summed E-state index contributed by atoms with van der Waals surface area (Å²) in [5, 5.41) is 8.40. The normalized spacial score (nSPS) is 15.1. The van der Waals surface area contributed by atoms with E-state index in [4.69, 9.17) is 19.3 Å². The molecule has 4 aromatic carbocycles. The molecule has 0 aromatic heterocycles. The molecule has 44 heavy (non-hydrogen) atoms. The van der Waals surface area contributed by atoms with Crippen LogP contribution < -0.4 is 14.2 Å². The molecule has 0 unspecified atom stereocenters. The molecule has 1 N–H and O–H groups in total. The number of aliphatic hydroxyl groups excluding tert-OH is 1. The standard InChI is InChI=1S/C38H28O6/c39-26-4-5-27-42-34-22-16-30(17-23-34)31-18-24-36(25-19-31)44-38(41)33-14-12-32(13-15-33)37(40)43-35-20-10-29(11-21-35)9-8-28-6-2-1-3-7-28/h1-3,6-7,10-11,16-25,32-33,39H,12-15H2/t32-,33-. The van der Waals surface area contributed by atoms with Crippen molar-refractivity contribution < 1.29 is 28.9 Å². The molecule has 6 heteroatoms. The average molecular weight is 581 g/mol. The third kappa shape index (κ3) is 8.32. The van der Waals surface area contributed by atoms with Gasteiger partial charge in [0.2, 0.25) is 0 Å². The molecule has 5 rings (SSSR count). The van der Waals surface area contributed by atoms with Gasteiger partial charge in [-0.2, -0.15) is 0 Å². The van der Waals surface area contributed by atoms with Crippen molar-refractivity contribution in [2.45, 2.75) is 25.7 Å². The van der Waals surface area contributed by atoms with Crippen LogP contribution in [0, 0.1) is 47.7 Å². The van der Waals surface area contributed by atoms with E-state index in [0.717, 1.165) is 22.3 Å². The van der Waals surface area contributed by atoms with Gasteiger partial charge in [0.25, 0.3) is 0 Å². The molecule has 0 spiro atoms. The lowest BCUT2D eigenvalue weighted by Gasteiger charge is -2.25. The summed E-state index contributed by atoms with van der Waals surface area (Å²) in [5.41, 5.74) is 3.67. The smallest absolute Gasteiger partial charge is 0.314 e. The molecule has 216 valence electrons. The van der Waals surface area contributed by atoms with E-state index < -0.39 is 0 Å². The van der Waals surface area contributed by atoms with Crippen molar-refractivity contribution in [3.05, 3.63) is 114 Å². The largest absolute Gasteiger partial charge is 0.461 e. The van der Waals surface area contributed by atoms with Crippen LogP contribution in [-0.4, -0.2) is 17.0 Å². The van der Waals surface area contributed by atoms with Gasteiger partial charge in [-0.3, -0.25) is 9.59 Å². The van der Waals surface area contributed by atoms with Crippen molar-refractivity contribution in [3.8, 4) is 64.3 Å². The number of aliphatic hydroxyl groups is 1. The van der Waals surface area contributed by atoms with E-state index in [0.29, 0.717) is 42.9 Å². The first-order chi connectivity index (χ1) is 21.6. The molecule has 0 bridgehead atoms. The van der Waals surface area contributed by atoms with Gasteiger partial charge in [-0.25, -0.2) is 0 Å². The molecule has 0 radical (unpaired) electrons. The third-order valence-corrected chi connectivity index (χ3v) is 7.19. The number of benzene rings is 4. The monoisotopic (exact) mass is 580 g/mol. The Hall–Kier alpha value is -5.90. The maximum atomic E-state index is 12.8. The summed E-state index contributed by atoms with van der Waals surface area (Å²) in [5.74, 6) is 11.2. The van der Waals surface area contributed by atoms with Gasteiger partial charge in [-0.15, -0.1) is 0 Å². The summed E-state index contributed by atoms with van der Waals surface area (Å²) < 4.78 is 16.5. The second kappa shape index (κ2) is 14.8. The van der Waals surface area contributed by atoms with E-state index in [1.54, 1.807) is 42.5 Å². The highest BCUT2D eigenvalue weighted by atomic mass is 16.5. The minimum absolute atomic E-state index is 0.256. The van der Waals surface area contributed by atoms with E-state index in [2.05, 4.69) is 29.8 Å². The maximum Gasteiger partial charge on any atom is 0.314 e. The van der Waals surface area contributed by atoms with Crippen LogP contribution in [0.25, 0.3) is 11.1 Å². The summed E-state index contributed by atoms with van der Waals surface area (Å²) in [7, 11) is 0. The van der Waals surface area contributed by atoms with Crippen molar-refractivity contribution in [3.63, 3.8) is 0 Å². The van der Waals surface area contributed by atoms with E-state index in [-0.39, 0.29) is 23.8 Å². The van der Waals surface area contributed by atoms with Gasteiger partial charge >= 0.3 is 11.9 Å². The van der Waals surface area contributed by atoms with Crippen LogP contribution in [0.5, 0.6) is 17.2 Å². The van der Waals surface area contributed by atoms with Crippen LogP contribution in [0.15, 0.2) is 103 Å². The summed E-state index contributed by atoms with van der Waals surface area (Å²) in [6.45, 7) is 0. The molecule has 4 aromatic rings. The van der Waals surface area contributed by atoms with Crippen molar-refractivity contribution in [1.82, 2.24) is 0 Å². The number of hydrogen-bond acceptors (Lipinski definition) is 6. The summed E-state index contributed by atoms with van der Waals surface area (Å²) in [6.07, 6.45) is 6.33. The van der Waals surface area contributed by atoms with Crippen molar-refractivity contribution in [2.24, 2.45) is 11.8 Å². The first-order valence-electron chi connectivity index (χ1n) is 14.2. The molecule has 6 nitrogen and oxygen atoms in total. The lowest BCUT2D eigenvalue weighted by atomic mass is 9.82. The van der Waals surface area contributed by atoms with Crippen LogP contribution >= 0.6 is 0 Å². The van der Waals surface area contributed by atoms with Gasteiger partial charge in [0.15, 0.2) is 0 Å². The van der Waals surface area contributed by atoms with Crippen LogP contribution in [0.2, 0.25) is 0 Å². The van der Waals surface area contributed by atoms with Gasteiger partial charge in [-0.1, -0.05) is 54.3 Å². The van der Waals surface area contributed by atoms with E-state index in [1.165, 1.54) is 0 Å². The lowest BCUT2D eigenvalue weighted by Crippen LogP contribution is -2.30. The number of ether oxygens (including phenoxy) is 3. The van der Waals surface area contributed by atoms with E-state index in [9.17, 15) is 9.59 Å². The molecule has 1 aliphatic carbocycles. The van der Waals surface area contributed by atoms with Gasteiger partial charge in [0, 0.05) is 23.0 Å². The predicted molar refractivity (Wildman–Crippen MR) is 166 cm³/mol. The molecule has 1 saturated carbocycles. The SMILES string of the molecule is O=C(Oc1ccc(C#Cc2ccccc2)cc1)[C@H]1CC[C@H](C(=O)Oc2ccc(-c3ccc(OC#CC#CO)cc3)cc2)CC1. The zero-order chi connectivity index (χ0) is 30.6. The Kier molecular flexibility index (Phi) is 9.97. The zero-order valence-corrected chi connectivity index (χ0v) is 23.8. The van der Waals surface area contributed by atoms with Gasteiger partial charge in [0.05, 0.1) is 11.8 Å². The fourth-order valence-electron chi connectivity index (χ4n) is 4.80. The van der Waals surface area contributed by atoms with Crippen LogP contribution in [0.1, 0.15) is 36.8 Å². The molecule has 0 aliphatic heterocycles. The second-order valence-corrected chi connectivity index (χ2v) is 10.1. The van der Waals surface area contributed by atoms with E-state index in [1.807, 2.05) is 66.7 Å². The van der Waals surface area contributed by atoms with Crippen LogP contribution in [0.4, 0.5) is 0 Å². The Balaban J connectivity index is 1.07. The summed E-state index contributed by atoms with van der Waals surface area (Å²) in [4.78, 5) is 25.6. The minimum atomic E-state index is -0.287. The highest BCUT2D eigenvalue weighted by molar-refractivity contribution is 5.78. The zero-order valence-electron chi connectivity index (χ0n) is 23.8. The van der Waals surface area contributed by atoms with Gasteiger partial charge < -0.3 is 19.3 Å². The molecule has 1 fully saturated rings. The third-order valence-electron chi connectivity index (χ3n) is 7.19. The molecule has 0 heterocycles. The highest BCUT2D eigenvalue weighted by Crippen LogP contribution is 2.32. The van der Waals surface area contributed by atoms with E-state index >= 15 is 0 Å². The number of esters is 2. The second-order valence-electron chi connectivity index (χ2n) is 10.1. The minimum Gasteiger partial charge on any atom is -0.461 e. The quantitative estimate of drug-likeness (QED) is 0.155. The fourth-order valence-corrected chi connectivity index (χ4v) is 4.80. The Bertz CT molecular complexity index is 1770. The van der Waals surface area contributed by atoms with Gasteiger partial charge in [0.1, 0.15) is 29.5 Å². The lowest BCUT2D eigenvalue weighted by molar-refractivity contribution is -0.145. The fraction of sp³-hybridized carbons (Fsp3) is 0.158. The highest BCUT2D eigenvalue weighted by Gasteiger charge is 2.32. The Morgan fingerprint density at radius 2 is 1.02 bits per heavy atom. The summed E-state index contributed by atoms with van der Waals surface area (Å²) in [6, 6.07) is 31.5. The Labute approximate surface area is 256 Å². The molecule has 0 atom stereocenters. The topological polar surface area (TPSA) is 82.1 Å². The number of carbonyl (C=O) groups is 2. The molecular formula is C38H28O6. The average Bonchev–Trinajstić information content (AvgIpc) is 3.07. The Morgan fingerprint density at radius 1 is 0.568 bits per heavy atom. The van der Waals surface area contributed by atoms with Crippen LogP contribution in [-0.2, 0) is 9.59 Å². The molecular weight excluding hydrogens is 552 g/mol. The van der Waals surface area contributed by atoms with Crippen molar-refractivity contribution in [1.29, 1.82) is 0 Å². The van der Waals surface area contributed by atoms with Crippen molar-refractivity contribution >= 4 is 11.9 Å².